The van der Waals surface area contributed by atoms with E-state index in [-0.39, 0.29) is 0 Å². The Bertz CT molecular complexity index is 1020. The summed E-state index contributed by atoms with van der Waals surface area (Å²) < 4.78 is 12.9. The van der Waals surface area contributed by atoms with E-state index in [4.69, 9.17) is 9.47 Å². The molecule has 4 rings (SSSR count). The zero-order valence-electron chi connectivity index (χ0n) is 18.4. The average Bonchev–Trinajstić information content (AvgIpc) is 3.30. The molecule has 2 aromatic heterocycles. The minimum absolute atomic E-state index is 0.326. The lowest BCUT2D eigenvalue weighted by Crippen LogP contribution is -2.36. The maximum atomic E-state index is 5.48. The normalized spacial score (nSPS) is 16.4. The number of hydrogen-bond donors (Lipinski definition) is 1. The van der Waals surface area contributed by atoms with Crippen molar-refractivity contribution in [1.82, 2.24) is 24.7 Å². The maximum Gasteiger partial charge on any atom is 0.146 e. The molecule has 0 aliphatic carbocycles. The molecule has 1 atom stereocenters. The van der Waals surface area contributed by atoms with Gasteiger partial charge in [-0.1, -0.05) is 0 Å². The van der Waals surface area contributed by atoms with Gasteiger partial charge in [0.1, 0.15) is 41.6 Å². The first-order chi connectivity index (χ1) is 15.1. The van der Waals surface area contributed by atoms with Gasteiger partial charge in [-0.3, -0.25) is 0 Å². The summed E-state index contributed by atoms with van der Waals surface area (Å²) in [5, 5.41) is 11.9. The van der Waals surface area contributed by atoms with E-state index in [2.05, 4.69) is 48.8 Å². The molecule has 9 nitrogen and oxygen atoms in total. The van der Waals surface area contributed by atoms with Crippen molar-refractivity contribution in [3.8, 4) is 11.5 Å². The summed E-state index contributed by atoms with van der Waals surface area (Å²) in [6, 6.07) is 7.95. The Labute approximate surface area is 182 Å². The molecular weight excluding hydrogens is 394 g/mol. The molecule has 3 heterocycles. The predicted molar refractivity (Wildman–Crippen MR) is 119 cm³/mol. The summed E-state index contributed by atoms with van der Waals surface area (Å²) in [5.74, 6) is 4.40. The second-order valence-electron chi connectivity index (χ2n) is 7.93. The van der Waals surface area contributed by atoms with Crippen LogP contribution < -0.4 is 19.7 Å². The van der Waals surface area contributed by atoms with Crippen LogP contribution in [0.1, 0.15) is 44.5 Å². The number of aromatic nitrogens is 5. The van der Waals surface area contributed by atoms with Crippen LogP contribution >= 0.6 is 0 Å². The van der Waals surface area contributed by atoms with E-state index < -0.39 is 0 Å². The molecule has 0 bridgehead atoms. The van der Waals surface area contributed by atoms with Crippen molar-refractivity contribution in [3.63, 3.8) is 0 Å². The molecule has 3 aromatic rings. The Morgan fingerprint density at radius 1 is 1.13 bits per heavy atom. The molecule has 0 spiro atoms. The second kappa shape index (κ2) is 9.20. The average molecular weight is 424 g/mol. The van der Waals surface area contributed by atoms with Crippen LogP contribution in [-0.4, -0.2) is 52.0 Å². The first kappa shape index (κ1) is 20.9. The summed E-state index contributed by atoms with van der Waals surface area (Å²) in [6.45, 7) is 6.12. The van der Waals surface area contributed by atoms with Crippen molar-refractivity contribution in [2.45, 2.75) is 38.6 Å². The number of nitrogens with one attached hydrogen (secondary N) is 1. The van der Waals surface area contributed by atoms with Gasteiger partial charge in [-0.25, -0.2) is 9.97 Å². The van der Waals surface area contributed by atoms with E-state index in [9.17, 15) is 0 Å². The minimum Gasteiger partial charge on any atom is -0.497 e. The second-order valence-corrected chi connectivity index (χ2v) is 7.93. The number of methoxy groups -OCH3 is 2. The summed E-state index contributed by atoms with van der Waals surface area (Å²) in [5.41, 5.74) is 0.814. The maximum absolute atomic E-state index is 5.48. The van der Waals surface area contributed by atoms with Crippen LogP contribution in [0.4, 0.5) is 17.3 Å². The van der Waals surface area contributed by atoms with Gasteiger partial charge in [-0.15, -0.1) is 10.2 Å². The smallest absolute Gasteiger partial charge is 0.146 e. The van der Waals surface area contributed by atoms with E-state index in [1.54, 1.807) is 20.5 Å². The van der Waals surface area contributed by atoms with Gasteiger partial charge in [-0.2, -0.15) is 0 Å². The van der Waals surface area contributed by atoms with Crippen LogP contribution in [0.15, 0.2) is 36.9 Å². The van der Waals surface area contributed by atoms with Gasteiger partial charge >= 0.3 is 0 Å². The van der Waals surface area contributed by atoms with Gasteiger partial charge in [0.05, 0.1) is 19.9 Å². The molecule has 164 valence electrons. The number of anilines is 3. The van der Waals surface area contributed by atoms with Crippen molar-refractivity contribution < 1.29 is 9.47 Å². The van der Waals surface area contributed by atoms with E-state index in [1.807, 2.05) is 30.6 Å². The molecule has 1 fully saturated rings. The number of ether oxygens (including phenoxy) is 2. The van der Waals surface area contributed by atoms with Crippen LogP contribution in [0.2, 0.25) is 0 Å². The largest absolute Gasteiger partial charge is 0.497 e. The van der Waals surface area contributed by atoms with E-state index >= 15 is 0 Å². The van der Waals surface area contributed by atoms with Crippen molar-refractivity contribution in [2.75, 3.05) is 37.5 Å². The van der Waals surface area contributed by atoms with Gasteiger partial charge in [0, 0.05) is 37.2 Å². The molecular formula is C22H29N7O2. The third-order valence-electron chi connectivity index (χ3n) is 5.59. The van der Waals surface area contributed by atoms with Crippen LogP contribution in [0.3, 0.4) is 0 Å². The van der Waals surface area contributed by atoms with Crippen LogP contribution in [0, 0.1) is 0 Å². The molecule has 1 aliphatic heterocycles. The lowest BCUT2D eigenvalue weighted by atomic mass is 9.97. The van der Waals surface area contributed by atoms with Crippen molar-refractivity contribution in [2.24, 2.45) is 0 Å². The Balaban J connectivity index is 1.52. The lowest BCUT2D eigenvalue weighted by Gasteiger charge is -2.33. The third kappa shape index (κ3) is 4.55. The molecule has 0 amide bonds. The molecule has 31 heavy (non-hydrogen) atoms. The number of hydrogen-bond acceptors (Lipinski definition) is 8. The molecule has 1 saturated heterocycles. The highest BCUT2D eigenvalue weighted by Gasteiger charge is 2.27. The number of benzene rings is 1. The highest BCUT2D eigenvalue weighted by atomic mass is 16.5. The Kier molecular flexibility index (Phi) is 6.20. The molecule has 0 radical (unpaired) electrons. The zero-order valence-corrected chi connectivity index (χ0v) is 18.4. The third-order valence-corrected chi connectivity index (χ3v) is 5.59. The van der Waals surface area contributed by atoms with Gasteiger partial charge in [-0.05, 0) is 38.8 Å². The van der Waals surface area contributed by atoms with Crippen molar-refractivity contribution >= 4 is 17.3 Å². The molecule has 1 N–H and O–H groups in total. The van der Waals surface area contributed by atoms with Crippen LogP contribution in [-0.2, 0) is 0 Å². The first-order valence-corrected chi connectivity index (χ1v) is 10.5. The van der Waals surface area contributed by atoms with E-state index in [0.29, 0.717) is 23.5 Å². The van der Waals surface area contributed by atoms with Crippen molar-refractivity contribution in [1.29, 1.82) is 0 Å². The summed E-state index contributed by atoms with van der Waals surface area (Å²) in [4.78, 5) is 11.2. The predicted octanol–water partition coefficient (Wildman–Crippen LogP) is 3.79. The fourth-order valence-corrected chi connectivity index (χ4v) is 3.97. The number of rotatable bonds is 7. The fourth-order valence-electron chi connectivity index (χ4n) is 3.97. The number of piperidine rings is 1. The zero-order chi connectivity index (χ0) is 21.8. The van der Waals surface area contributed by atoms with Gasteiger partial charge < -0.3 is 24.3 Å². The van der Waals surface area contributed by atoms with Gasteiger partial charge in [0.25, 0.3) is 0 Å². The van der Waals surface area contributed by atoms with Crippen LogP contribution in [0.25, 0.3) is 0 Å². The first-order valence-electron chi connectivity index (χ1n) is 10.5. The highest BCUT2D eigenvalue weighted by Crippen LogP contribution is 2.33. The summed E-state index contributed by atoms with van der Waals surface area (Å²) in [7, 11) is 3.27. The SMILES string of the molecule is COc1ccc(Nc2cc(N3CCCC(c4nncn4C(C)C)C3)ncn2)c(OC)c1. The molecule has 0 saturated carbocycles. The number of nitrogens with zero attached hydrogens (tertiary/aromatic N) is 6. The quantitative estimate of drug-likeness (QED) is 0.614. The Morgan fingerprint density at radius 3 is 2.77 bits per heavy atom. The highest BCUT2D eigenvalue weighted by molar-refractivity contribution is 5.67. The van der Waals surface area contributed by atoms with Gasteiger partial charge in [0.2, 0.25) is 0 Å². The molecule has 1 unspecified atom stereocenters. The molecule has 1 aliphatic rings. The molecule has 1 aromatic carbocycles. The Morgan fingerprint density at radius 2 is 2.00 bits per heavy atom. The van der Waals surface area contributed by atoms with Crippen molar-refractivity contribution in [3.05, 3.63) is 42.7 Å². The Hall–Kier alpha value is -3.36. The monoisotopic (exact) mass is 423 g/mol. The standard InChI is InChI=1S/C22H29N7O2/c1-15(2)29-14-25-27-22(29)16-6-5-9-28(12-16)21-11-20(23-13-24-21)26-18-8-7-17(30-3)10-19(18)31-4/h7-8,10-11,13-16H,5-6,9,12H2,1-4H3,(H,23,24,26). The molecule has 9 heteroatoms. The van der Waals surface area contributed by atoms with E-state index in [1.165, 1.54) is 0 Å². The summed E-state index contributed by atoms with van der Waals surface area (Å²) in [6.07, 6.45) is 5.59. The fraction of sp³-hybridized carbons (Fsp3) is 0.455. The summed E-state index contributed by atoms with van der Waals surface area (Å²) >= 11 is 0. The topological polar surface area (TPSA) is 90.2 Å². The van der Waals surface area contributed by atoms with E-state index in [0.717, 1.165) is 49.0 Å². The minimum atomic E-state index is 0.326. The van der Waals surface area contributed by atoms with Crippen LogP contribution in [0.5, 0.6) is 11.5 Å². The lowest BCUT2D eigenvalue weighted by molar-refractivity contribution is 0.395. The van der Waals surface area contributed by atoms with Gasteiger partial charge in [0.15, 0.2) is 0 Å².